The van der Waals surface area contributed by atoms with E-state index in [4.69, 9.17) is 9.84 Å². The van der Waals surface area contributed by atoms with Gasteiger partial charge in [0.1, 0.15) is 11.5 Å². The van der Waals surface area contributed by atoms with Crippen LogP contribution in [0.15, 0.2) is 70.1 Å². The number of hydrogen-bond donors (Lipinski definition) is 2. The topological polar surface area (TPSA) is 88.2 Å². The summed E-state index contributed by atoms with van der Waals surface area (Å²) in [4.78, 5) is 17.2. The molecule has 4 rings (SSSR count). The van der Waals surface area contributed by atoms with Gasteiger partial charge in [-0.2, -0.15) is 5.10 Å². The molecule has 0 aliphatic carbocycles. The fourth-order valence-electron chi connectivity index (χ4n) is 3.25. The average Bonchev–Trinajstić information content (AvgIpc) is 3.18. The first-order chi connectivity index (χ1) is 15.4. The van der Waals surface area contributed by atoms with Gasteiger partial charge < -0.3 is 15.2 Å². The molecule has 1 aliphatic rings. The zero-order chi connectivity index (χ0) is 22.7. The molecule has 2 N–H and O–H groups in total. The lowest BCUT2D eigenvalue weighted by molar-refractivity contribution is -0.118. The Labute approximate surface area is 190 Å². The summed E-state index contributed by atoms with van der Waals surface area (Å²) in [6.45, 7) is 8.44. The summed E-state index contributed by atoms with van der Waals surface area (Å²) in [7, 11) is 0. The summed E-state index contributed by atoms with van der Waals surface area (Å²) in [5.74, 6) is 0.677. The quantitative estimate of drug-likeness (QED) is 0.433. The van der Waals surface area contributed by atoms with Gasteiger partial charge in [0.05, 0.1) is 23.6 Å². The molecule has 0 atom stereocenters. The van der Waals surface area contributed by atoms with Crippen LogP contribution in [0.5, 0.6) is 11.5 Å². The number of carbonyl (C=O) groups excluding carboxylic acids is 1. The number of carbonyl (C=O) groups is 1. The van der Waals surface area contributed by atoms with Crippen LogP contribution in [0.2, 0.25) is 0 Å². The van der Waals surface area contributed by atoms with Crippen molar-refractivity contribution in [3.8, 4) is 22.8 Å². The van der Waals surface area contributed by atoms with Crippen LogP contribution in [-0.4, -0.2) is 34.6 Å². The van der Waals surface area contributed by atoms with Gasteiger partial charge in [0.2, 0.25) is 4.80 Å². The standard InChI is InChI=1S/C24H24N4O3S/c1-4-19(16-5-8-18(29)9-6-16)27-28-21(14-32-24(28)25-12-15(2)3)17-7-10-22-20(11-17)26-23(30)13-31-22/h5-11,14,29H,2,4,12-13H2,1,3H3,(H,26,30). The number of nitrogens with one attached hydrogen (secondary N) is 1. The van der Waals surface area contributed by atoms with E-state index in [0.29, 0.717) is 24.4 Å². The van der Waals surface area contributed by atoms with Crippen LogP contribution < -0.4 is 14.9 Å². The third kappa shape index (κ3) is 4.65. The number of ether oxygens (including phenoxy) is 1. The van der Waals surface area contributed by atoms with Crippen LogP contribution >= 0.6 is 11.3 Å². The van der Waals surface area contributed by atoms with Crippen LogP contribution in [0.25, 0.3) is 11.3 Å². The van der Waals surface area contributed by atoms with E-state index < -0.39 is 0 Å². The number of fused-ring (bicyclic) bond motifs is 1. The van der Waals surface area contributed by atoms with Gasteiger partial charge in [0.15, 0.2) is 6.61 Å². The Kier molecular flexibility index (Phi) is 6.23. The largest absolute Gasteiger partial charge is 0.508 e. The normalized spacial score (nSPS) is 14.0. The Morgan fingerprint density at radius 1 is 1.28 bits per heavy atom. The van der Waals surface area contributed by atoms with E-state index in [1.807, 2.05) is 54.2 Å². The second-order valence-corrected chi connectivity index (χ2v) is 8.32. The zero-order valence-corrected chi connectivity index (χ0v) is 18.8. The summed E-state index contributed by atoms with van der Waals surface area (Å²) in [6.07, 6.45) is 0.696. The Hall–Kier alpha value is -3.65. The molecule has 7 nitrogen and oxygen atoms in total. The van der Waals surface area contributed by atoms with Crippen molar-refractivity contribution < 1.29 is 14.6 Å². The molecule has 0 saturated carbocycles. The first-order valence-electron chi connectivity index (χ1n) is 10.2. The molecule has 0 bridgehead atoms. The van der Waals surface area contributed by atoms with Gasteiger partial charge >= 0.3 is 0 Å². The maximum absolute atomic E-state index is 11.8. The van der Waals surface area contributed by atoms with Gasteiger partial charge in [0, 0.05) is 10.9 Å². The number of hydrogen-bond acceptors (Lipinski definition) is 6. The van der Waals surface area contributed by atoms with Gasteiger partial charge in [-0.3, -0.25) is 9.79 Å². The predicted molar refractivity (Wildman–Crippen MR) is 127 cm³/mol. The Balaban J connectivity index is 1.85. The SMILES string of the molecule is C=C(C)CN=c1scc(-c2ccc3c(c2)NC(=O)CO3)n1N=C(CC)c1ccc(O)cc1. The summed E-state index contributed by atoms with van der Waals surface area (Å²) >= 11 is 1.49. The summed E-state index contributed by atoms with van der Waals surface area (Å²) in [6, 6.07) is 12.7. The molecular formula is C24H24N4O3S. The lowest BCUT2D eigenvalue weighted by Gasteiger charge is -2.18. The van der Waals surface area contributed by atoms with Gasteiger partial charge in [-0.05, 0) is 61.4 Å². The lowest BCUT2D eigenvalue weighted by Crippen LogP contribution is -2.25. The average molecular weight is 449 g/mol. The minimum absolute atomic E-state index is 0.0194. The van der Waals surface area contributed by atoms with Crippen molar-refractivity contribution in [2.75, 3.05) is 18.5 Å². The molecule has 0 radical (unpaired) electrons. The van der Waals surface area contributed by atoms with Gasteiger partial charge in [0.25, 0.3) is 5.91 Å². The highest BCUT2D eigenvalue weighted by Gasteiger charge is 2.18. The smallest absolute Gasteiger partial charge is 0.262 e. The number of aromatic hydroxyl groups is 1. The third-order valence-corrected chi connectivity index (χ3v) is 5.69. The van der Waals surface area contributed by atoms with Crippen LogP contribution in [0.1, 0.15) is 25.8 Å². The van der Waals surface area contributed by atoms with E-state index in [1.54, 1.807) is 12.1 Å². The van der Waals surface area contributed by atoms with Crippen LogP contribution in [0.3, 0.4) is 0 Å². The maximum Gasteiger partial charge on any atom is 0.262 e. The first-order valence-corrected chi connectivity index (χ1v) is 11.1. The van der Waals surface area contributed by atoms with Gasteiger partial charge in [-0.25, -0.2) is 4.68 Å². The molecule has 1 aliphatic heterocycles. The molecule has 0 saturated heterocycles. The zero-order valence-electron chi connectivity index (χ0n) is 18.0. The predicted octanol–water partition coefficient (Wildman–Crippen LogP) is 4.39. The maximum atomic E-state index is 11.8. The van der Waals surface area contributed by atoms with E-state index in [-0.39, 0.29) is 18.3 Å². The molecule has 1 aromatic heterocycles. The van der Waals surface area contributed by atoms with Crippen molar-refractivity contribution in [3.63, 3.8) is 0 Å². The van der Waals surface area contributed by atoms with Crippen molar-refractivity contribution in [2.24, 2.45) is 10.1 Å². The number of anilines is 1. The van der Waals surface area contributed by atoms with Gasteiger partial charge in [-0.1, -0.05) is 19.1 Å². The first kappa shape index (κ1) is 21.6. The fourth-order valence-corrected chi connectivity index (χ4v) is 4.09. The van der Waals surface area contributed by atoms with Crippen molar-refractivity contribution in [2.45, 2.75) is 20.3 Å². The molecule has 3 aromatic rings. The molecule has 1 amide bonds. The third-order valence-electron chi connectivity index (χ3n) is 4.83. The van der Waals surface area contributed by atoms with Crippen LogP contribution in [-0.2, 0) is 4.79 Å². The van der Waals surface area contributed by atoms with Crippen LogP contribution in [0, 0.1) is 0 Å². The summed E-state index contributed by atoms with van der Waals surface area (Å²) in [5.41, 5.74) is 5.10. The Morgan fingerprint density at radius 2 is 2.06 bits per heavy atom. The minimum atomic E-state index is -0.177. The number of rotatable bonds is 6. The molecule has 8 heteroatoms. The Bertz CT molecular complexity index is 1270. The number of nitrogens with zero attached hydrogens (tertiary/aromatic N) is 3. The molecule has 0 spiro atoms. The van der Waals surface area contributed by atoms with E-state index >= 15 is 0 Å². The second-order valence-electron chi connectivity index (χ2n) is 7.48. The van der Waals surface area contributed by atoms with Crippen molar-refractivity contribution in [1.82, 2.24) is 4.68 Å². The number of aromatic nitrogens is 1. The summed E-state index contributed by atoms with van der Waals surface area (Å²) in [5, 5.41) is 19.4. The van der Waals surface area contributed by atoms with E-state index in [9.17, 15) is 9.90 Å². The van der Waals surface area contributed by atoms with E-state index in [2.05, 4.69) is 16.9 Å². The molecule has 2 heterocycles. The number of thiazole rings is 1. The molecule has 2 aromatic carbocycles. The second kappa shape index (κ2) is 9.23. The van der Waals surface area contributed by atoms with Crippen LogP contribution in [0.4, 0.5) is 5.69 Å². The molecule has 0 unspecified atom stereocenters. The van der Waals surface area contributed by atoms with E-state index in [0.717, 1.165) is 32.9 Å². The fraction of sp³-hybridized carbons (Fsp3) is 0.208. The number of phenols is 1. The monoisotopic (exact) mass is 448 g/mol. The van der Waals surface area contributed by atoms with Crippen molar-refractivity contribution >= 4 is 28.6 Å². The van der Waals surface area contributed by atoms with E-state index in [1.165, 1.54) is 11.3 Å². The lowest BCUT2D eigenvalue weighted by atomic mass is 10.1. The highest BCUT2D eigenvalue weighted by atomic mass is 32.1. The molecular weight excluding hydrogens is 424 g/mol. The van der Waals surface area contributed by atoms with Crippen molar-refractivity contribution in [1.29, 1.82) is 0 Å². The molecule has 164 valence electrons. The number of phenolic OH excluding ortho intramolecular Hbond substituents is 1. The number of amides is 1. The highest BCUT2D eigenvalue weighted by Crippen LogP contribution is 2.33. The van der Waals surface area contributed by atoms with Gasteiger partial charge in [-0.15, -0.1) is 11.3 Å². The minimum Gasteiger partial charge on any atom is -0.508 e. The molecule has 32 heavy (non-hydrogen) atoms. The number of benzene rings is 2. The highest BCUT2D eigenvalue weighted by molar-refractivity contribution is 7.07. The summed E-state index contributed by atoms with van der Waals surface area (Å²) < 4.78 is 7.31. The van der Waals surface area contributed by atoms with Crippen molar-refractivity contribution in [3.05, 3.63) is 70.4 Å². The Morgan fingerprint density at radius 3 is 2.78 bits per heavy atom. The molecule has 0 fully saturated rings.